The van der Waals surface area contributed by atoms with Crippen molar-refractivity contribution in [3.05, 3.63) is 35.4 Å². The quantitative estimate of drug-likeness (QED) is 0.878. The lowest BCUT2D eigenvalue weighted by atomic mass is 9.68. The first-order valence-corrected chi connectivity index (χ1v) is 7.84. The number of rotatable bonds is 4. The molecule has 1 fully saturated rings. The summed E-state index contributed by atoms with van der Waals surface area (Å²) in [6.07, 6.45) is 3.92. The number of hydrogen-bond acceptors (Lipinski definition) is 1. The van der Waals surface area contributed by atoms with E-state index >= 15 is 0 Å². The molecule has 0 aliphatic heterocycles. The van der Waals surface area contributed by atoms with Gasteiger partial charge in [0.15, 0.2) is 0 Å². The summed E-state index contributed by atoms with van der Waals surface area (Å²) >= 11 is 0. The summed E-state index contributed by atoms with van der Waals surface area (Å²) in [5.74, 6) is 0.636. The van der Waals surface area contributed by atoms with Gasteiger partial charge in [-0.1, -0.05) is 45.0 Å². The lowest BCUT2D eigenvalue weighted by Crippen LogP contribution is -2.31. The van der Waals surface area contributed by atoms with Gasteiger partial charge in [-0.25, -0.2) is 0 Å². The molecule has 3 unspecified atom stereocenters. The number of aryl methyl sites for hydroxylation is 1. The predicted molar refractivity (Wildman–Crippen MR) is 81.9 cm³/mol. The van der Waals surface area contributed by atoms with Gasteiger partial charge in [0.1, 0.15) is 0 Å². The second-order valence-electron chi connectivity index (χ2n) is 6.46. The molecule has 1 aliphatic carbocycles. The molecule has 2 rings (SSSR count). The minimum Gasteiger partial charge on any atom is -0.481 e. The van der Waals surface area contributed by atoms with E-state index in [4.69, 9.17) is 0 Å². The van der Waals surface area contributed by atoms with Gasteiger partial charge in [-0.15, -0.1) is 0 Å². The van der Waals surface area contributed by atoms with E-state index in [2.05, 4.69) is 45.0 Å². The molecule has 1 saturated carbocycles. The molecule has 2 heteroatoms. The van der Waals surface area contributed by atoms with Crippen LogP contribution in [-0.4, -0.2) is 11.1 Å². The Labute approximate surface area is 122 Å². The summed E-state index contributed by atoms with van der Waals surface area (Å²) in [4.78, 5) is 11.5. The van der Waals surface area contributed by atoms with Crippen molar-refractivity contribution in [1.82, 2.24) is 0 Å². The second kappa shape index (κ2) is 6.43. The summed E-state index contributed by atoms with van der Waals surface area (Å²) < 4.78 is 0. The van der Waals surface area contributed by atoms with Crippen LogP contribution in [0.25, 0.3) is 0 Å². The Balaban J connectivity index is 2.23. The average Bonchev–Trinajstić information content (AvgIpc) is 2.46. The Kier molecular flexibility index (Phi) is 4.85. The van der Waals surface area contributed by atoms with Crippen molar-refractivity contribution in [3.8, 4) is 0 Å². The van der Waals surface area contributed by atoms with Gasteiger partial charge >= 0.3 is 5.97 Å². The van der Waals surface area contributed by atoms with Gasteiger partial charge in [0.2, 0.25) is 0 Å². The molecule has 0 saturated heterocycles. The van der Waals surface area contributed by atoms with Crippen LogP contribution in [0.2, 0.25) is 0 Å². The van der Waals surface area contributed by atoms with Crippen LogP contribution in [0.15, 0.2) is 24.3 Å². The number of benzene rings is 1. The smallest absolute Gasteiger partial charge is 0.307 e. The van der Waals surface area contributed by atoms with Crippen LogP contribution in [0.3, 0.4) is 0 Å². The summed E-state index contributed by atoms with van der Waals surface area (Å²) in [6, 6.07) is 8.57. The molecule has 0 radical (unpaired) electrons. The highest BCUT2D eigenvalue weighted by molar-refractivity contribution is 5.71. The summed E-state index contributed by atoms with van der Waals surface area (Å²) in [7, 11) is 0. The molecule has 2 nitrogen and oxygen atoms in total. The van der Waals surface area contributed by atoms with Crippen LogP contribution < -0.4 is 0 Å². The first kappa shape index (κ1) is 15.1. The molecule has 110 valence electrons. The van der Waals surface area contributed by atoms with E-state index in [9.17, 15) is 9.90 Å². The largest absolute Gasteiger partial charge is 0.481 e. The third kappa shape index (κ3) is 3.23. The van der Waals surface area contributed by atoms with Crippen molar-refractivity contribution in [2.75, 3.05) is 0 Å². The van der Waals surface area contributed by atoms with Gasteiger partial charge < -0.3 is 5.11 Å². The summed E-state index contributed by atoms with van der Waals surface area (Å²) in [5.41, 5.74) is 2.52. The number of carbonyl (C=O) groups is 1. The summed E-state index contributed by atoms with van der Waals surface area (Å²) in [6.45, 7) is 6.65. The van der Waals surface area contributed by atoms with E-state index in [1.807, 2.05) is 0 Å². The number of carboxylic acids is 1. The van der Waals surface area contributed by atoms with E-state index in [1.165, 1.54) is 11.1 Å². The van der Waals surface area contributed by atoms with E-state index in [0.717, 1.165) is 25.7 Å². The van der Waals surface area contributed by atoms with Gasteiger partial charge in [-0.2, -0.15) is 0 Å². The molecule has 0 aromatic heterocycles. The fraction of sp³-hybridized carbons (Fsp3) is 0.611. The monoisotopic (exact) mass is 274 g/mol. The van der Waals surface area contributed by atoms with Gasteiger partial charge in [-0.3, -0.25) is 4.79 Å². The molecule has 20 heavy (non-hydrogen) atoms. The van der Waals surface area contributed by atoms with E-state index < -0.39 is 5.97 Å². The maximum atomic E-state index is 11.5. The lowest BCUT2D eigenvalue weighted by molar-refractivity contribution is -0.144. The van der Waals surface area contributed by atoms with E-state index in [0.29, 0.717) is 11.8 Å². The van der Waals surface area contributed by atoms with Crippen molar-refractivity contribution in [2.45, 2.75) is 52.4 Å². The van der Waals surface area contributed by atoms with Crippen LogP contribution in [-0.2, 0) is 11.2 Å². The first-order chi connectivity index (χ1) is 9.52. The average molecular weight is 274 g/mol. The topological polar surface area (TPSA) is 37.3 Å². The molecule has 0 bridgehead atoms. The maximum absolute atomic E-state index is 11.5. The molecular formula is C18H26O2. The zero-order chi connectivity index (χ0) is 14.7. The highest BCUT2D eigenvalue weighted by atomic mass is 16.4. The third-order valence-corrected chi connectivity index (χ3v) is 4.97. The Bertz CT molecular complexity index is 447. The fourth-order valence-electron chi connectivity index (χ4n) is 3.47. The first-order valence-electron chi connectivity index (χ1n) is 7.84. The predicted octanol–water partition coefficient (Wildman–Crippen LogP) is 4.49. The van der Waals surface area contributed by atoms with E-state index in [-0.39, 0.29) is 11.8 Å². The van der Waals surface area contributed by atoms with Crippen LogP contribution in [0.4, 0.5) is 0 Å². The molecule has 3 atom stereocenters. The van der Waals surface area contributed by atoms with Crippen molar-refractivity contribution < 1.29 is 9.90 Å². The van der Waals surface area contributed by atoms with Crippen LogP contribution in [0.1, 0.15) is 57.1 Å². The molecule has 1 aliphatic rings. The molecule has 0 heterocycles. The number of carboxylic acid groups (broad SMARTS) is 1. The van der Waals surface area contributed by atoms with Gasteiger partial charge in [-0.05, 0) is 54.6 Å². The van der Waals surface area contributed by atoms with Crippen LogP contribution in [0.5, 0.6) is 0 Å². The van der Waals surface area contributed by atoms with E-state index in [1.54, 1.807) is 0 Å². The Hall–Kier alpha value is -1.31. The molecule has 1 aromatic rings. The fourth-order valence-corrected chi connectivity index (χ4v) is 3.47. The zero-order valence-electron chi connectivity index (χ0n) is 12.8. The Morgan fingerprint density at radius 3 is 2.40 bits per heavy atom. The minimum atomic E-state index is -0.628. The SMILES string of the molecule is CCc1ccc(C2CC(C(C)C)CCC2C(=O)O)cc1. The highest BCUT2D eigenvalue weighted by Gasteiger charge is 2.36. The maximum Gasteiger partial charge on any atom is 0.307 e. The Morgan fingerprint density at radius 1 is 1.25 bits per heavy atom. The molecule has 0 amide bonds. The van der Waals surface area contributed by atoms with Crippen LogP contribution in [0, 0.1) is 17.8 Å². The normalized spacial score (nSPS) is 26.7. The lowest BCUT2D eigenvalue weighted by Gasteiger charge is -2.36. The van der Waals surface area contributed by atoms with Crippen LogP contribution >= 0.6 is 0 Å². The molecule has 0 spiro atoms. The van der Waals surface area contributed by atoms with Crippen molar-refractivity contribution in [2.24, 2.45) is 17.8 Å². The van der Waals surface area contributed by atoms with Gasteiger partial charge in [0, 0.05) is 0 Å². The van der Waals surface area contributed by atoms with Gasteiger partial charge in [0.25, 0.3) is 0 Å². The van der Waals surface area contributed by atoms with Gasteiger partial charge in [0.05, 0.1) is 5.92 Å². The third-order valence-electron chi connectivity index (χ3n) is 4.97. The molecule has 1 N–H and O–H groups in total. The molecule has 1 aromatic carbocycles. The van der Waals surface area contributed by atoms with Crippen molar-refractivity contribution in [1.29, 1.82) is 0 Å². The highest BCUT2D eigenvalue weighted by Crippen LogP contribution is 2.43. The zero-order valence-corrected chi connectivity index (χ0v) is 12.8. The second-order valence-corrected chi connectivity index (χ2v) is 6.46. The molecular weight excluding hydrogens is 248 g/mol. The van der Waals surface area contributed by atoms with Crippen molar-refractivity contribution >= 4 is 5.97 Å². The standard InChI is InChI=1S/C18H26O2/c1-4-13-5-7-14(8-6-13)17-11-15(12(2)3)9-10-16(17)18(19)20/h5-8,12,15-17H,4,9-11H2,1-3H3,(H,19,20). The minimum absolute atomic E-state index is 0.180. The Morgan fingerprint density at radius 2 is 1.90 bits per heavy atom. The summed E-state index contributed by atoms with van der Waals surface area (Å²) in [5, 5.41) is 9.50. The van der Waals surface area contributed by atoms with Crippen molar-refractivity contribution in [3.63, 3.8) is 0 Å². The number of aliphatic carboxylic acids is 1. The number of hydrogen-bond donors (Lipinski definition) is 1.